The number of carbonyl (C=O) groups excluding carboxylic acids is 2. The molecule has 0 bridgehead atoms. The smallest absolute Gasteiger partial charge is 0.255 e. The summed E-state index contributed by atoms with van der Waals surface area (Å²) < 4.78 is 13.7. The molecule has 1 N–H and O–H groups in total. The second kappa shape index (κ2) is 8.30. The quantitative estimate of drug-likeness (QED) is 0.821. The third-order valence-electron chi connectivity index (χ3n) is 5.27. The summed E-state index contributed by atoms with van der Waals surface area (Å²) in [4.78, 5) is 26.7. The highest BCUT2D eigenvalue weighted by atomic mass is 79.9. The van der Waals surface area contributed by atoms with E-state index in [9.17, 15) is 14.0 Å². The van der Waals surface area contributed by atoms with Gasteiger partial charge in [-0.05, 0) is 59.8 Å². The molecule has 0 radical (unpaired) electrons. The van der Waals surface area contributed by atoms with Gasteiger partial charge in [0.25, 0.3) is 5.91 Å². The van der Waals surface area contributed by atoms with Gasteiger partial charge in [0.2, 0.25) is 5.91 Å². The lowest BCUT2D eigenvalue weighted by molar-refractivity contribution is -0.126. The van der Waals surface area contributed by atoms with Crippen molar-refractivity contribution in [3.05, 3.63) is 34.1 Å². The largest absolute Gasteiger partial charge is 0.353 e. The van der Waals surface area contributed by atoms with E-state index in [1.807, 2.05) is 0 Å². The van der Waals surface area contributed by atoms with E-state index in [1.54, 1.807) is 4.90 Å². The molecule has 1 aliphatic carbocycles. The molecule has 1 heterocycles. The van der Waals surface area contributed by atoms with Crippen LogP contribution in [0.25, 0.3) is 0 Å². The van der Waals surface area contributed by atoms with Gasteiger partial charge in [-0.2, -0.15) is 0 Å². The summed E-state index contributed by atoms with van der Waals surface area (Å²) >= 11 is 3.26. The van der Waals surface area contributed by atoms with E-state index in [-0.39, 0.29) is 29.6 Å². The number of nitrogens with zero attached hydrogens (tertiary/aromatic N) is 1. The Morgan fingerprint density at radius 3 is 2.40 bits per heavy atom. The summed E-state index contributed by atoms with van der Waals surface area (Å²) in [6.45, 7) is 1.22. The van der Waals surface area contributed by atoms with Crippen molar-refractivity contribution in [3.63, 3.8) is 0 Å². The lowest BCUT2D eigenvalue weighted by Gasteiger charge is -2.33. The molecule has 25 heavy (non-hydrogen) atoms. The van der Waals surface area contributed by atoms with E-state index in [0.29, 0.717) is 23.1 Å². The minimum absolute atomic E-state index is 0.0936. The molecule has 0 spiro atoms. The van der Waals surface area contributed by atoms with Crippen molar-refractivity contribution in [2.75, 3.05) is 13.1 Å². The first-order valence-corrected chi connectivity index (χ1v) is 9.88. The molecular weight excluding hydrogens is 387 g/mol. The summed E-state index contributed by atoms with van der Waals surface area (Å²) in [6, 6.07) is 4.27. The molecule has 1 aliphatic heterocycles. The number of rotatable bonds is 3. The number of benzene rings is 1. The van der Waals surface area contributed by atoms with E-state index in [1.165, 1.54) is 24.6 Å². The Bertz CT molecular complexity index is 638. The average molecular weight is 411 g/mol. The summed E-state index contributed by atoms with van der Waals surface area (Å²) in [6.07, 6.45) is 7.08. The summed E-state index contributed by atoms with van der Waals surface area (Å²) in [7, 11) is 0. The molecule has 4 nitrogen and oxygen atoms in total. The lowest BCUT2D eigenvalue weighted by atomic mass is 9.88. The van der Waals surface area contributed by atoms with Gasteiger partial charge in [-0.15, -0.1) is 0 Å². The van der Waals surface area contributed by atoms with Crippen LogP contribution in [-0.2, 0) is 4.79 Å². The molecule has 1 aromatic rings. The van der Waals surface area contributed by atoms with Crippen LogP contribution in [0.2, 0.25) is 0 Å². The first-order valence-electron chi connectivity index (χ1n) is 9.09. The van der Waals surface area contributed by atoms with Crippen molar-refractivity contribution in [2.45, 2.75) is 51.0 Å². The first-order chi connectivity index (χ1) is 12.0. The number of amides is 2. The molecule has 2 aliphatic rings. The number of hydrogen-bond donors (Lipinski definition) is 1. The summed E-state index contributed by atoms with van der Waals surface area (Å²) in [5.74, 6) is -0.106. The molecule has 6 heteroatoms. The first kappa shape index (κ1) is 18.4. The molecular formula is C19H24BrFN2O2. The fourth-order valence-corrected chi connectivity index (χ4v) is 4.26. The Morgan fingerprint density at radius 2 is 1.76 bits per heavy atom. The predicted octanol–water partition coefficient (Wildman–Crippen LogP) is 3.89. The Hall–Kier alpha value is -1.43. The van der Waals surface area contributed by atoms with Gasteiger partial charge in [-0.25, -0.2) is 4.39 Å². The maximum Gasteiger partial charge on any atom is 0.255 e. The van der Waals surface area contributed by atoms with Crippen LogP contribution < -0.4 is 5.32 Å². The number of piperidine rings is 1. The molecule has 1 saturated carbocycles. The third kappa shape index (κ3) is 4.60. The normalized spacial score (nSPS) is 19.7. The van der Waals surface area contributed by atoms with Crippen LogP contribution in [0.4, 0.5) is 4.39 Å². The molecule has 0 atom stereocenters. The van der Waals surface area contributed by atoms with Crippen molar-refractivity contribution in [1.29, 1.82) is 0 Å². The van der Waals surface area contributed by atoms with E-state index in [0.717, 1.165) is 38.5 Å². The highest BCUT2D eigenvalue weighted by Gasteiger charge is 2.28. The number of likely N-dealkylation sites (tertiary alicyclic amines) is 1. The van der Waals surface area contributed by atoms with Gasteiger partial charge in [0, 0.05) is 29.5 Å². The Labute approximate surface area is 156 Å². The topological polar surface area (TPSA) is 49.4 Å². The average Bonchev–Trinajstić information content (AvgIpc) is 2.62. The molecule has 0 unspecified atom stereocenters. The maximum absolute atomic E-state index is 13.2. The molecule has 1 aromatic carbocycles. The summed E-state index contributed by atoms with van der Waals surface area (Å²) in [5, 5.41) is 3.17. The number of hydrogen-bond acceptors (Lipinski definition) is 2. The monoisotopic (exact) mass is 410 g/mol. The van der Waals surface area contributed by atoms with Crippen LogP contribution in [-0.4, -0.2) is 35.8 Å². The third-order valence-corrected chi connectivity index (χ3v) is 5.92. The molecule has 2 amide bonds. The minimum atomic E-state index is -0.368. The maximum atomic E-state index is 13.2. The van der Waals surface area contributed by atoms with E-state index >= 15 is 0 Å². The zero-order valence-corrected chi connectivity index (χ0v) is 15.9. The van der Waals surface area contributed by atoms with E-state index in [2.05, 4.69) is 21.2 Å². The highest BCUT2D eigenvalue weighted by Crippen LogP contribution is 2.25. The van der Waals surface area contributed by atoms with Crippen LogP contribution >= 0.6 is 15.9 Å². The highest BCUT2D eigenvalue weighted by molar-refractivity contribution is 9.10. The molecule has 1 saturated heterocycles. The Morgan fingerprint density at radius 1 is 1.08 bits per heavy atom. The van der Waals surface area contributed by atoms with Gasteiger partial charge >= 0.3 is 0 Å². The van der Waals surface area contributed by atoms with Crippen LogP contribution in [0.5, 0.6) is 0 Å². The minimum Gasteiger partial charge on any atom is -0.353 e. The van der Waals surface area contributed by atoms with E-state index in [4.69, 9.17) is 0 Å². The summed E-state index contributed by atoms with van der Waals surface area (Å²) in [5.41, 5.74) is 0.478. The second-order valence-corrected chi connectivity index (χ2v) is 7.89. The Balaban J connectivity index is 1.51. The number of halogens is 2. The molecule has 2 fully saturated rings. The SMILES string of the molecule is O=C(NC1CCN(C(=O)c2ccc(F)cc2Br)CC1)C1CCCCC1. The fourth-order valence-electron chi connectivity index (χ4n) is 3.74. The fraction of sp³-hybridized carbons (Fsp3) is 0.579. The molecule has 3 rings (SSSR count). The lowest BCUT2D eigenvalue weighted by Crippen LogP contribution is -2.48. The van der Waals surface area contributed by atoms with Gasteiger partial charge in [0.15, 0.2) is 0 Å². The number of carbonyl (C=O) groups is 2. The van der Waals surface area contributed by atoms with Crippen molar-refractivity contribution < 1.29 is 14.0 Å². The van der Waals surface area contributed by atoms with Crippen LogP contribution in [0, 0.1) is 11.7 Å². The Kier molecular flexibility index (Phi) is 6.10. The van der Waals surface area contributed by atoms with Crippen LogP contribution in [0.15, 0.2) is 22.7 Å². The van der Waals surface area contributed by atoms with Crippen LogP contribution in [0.3, 0.4) is 0 Å². The number of nitrogens with one attached hydrogen (secondary N) is 1. The van der Waals surface area contributed by atoms with Crippen LogP contribution in [0.1, 0.15) is 55.3 Å². The van der Waals surface area contributed by atoms with Crippen molar-refractivity contribution in [3.8, 4) is 0 Å². The van der Waals surface area contributed by atoms with Gasteiger partial charge in [0.05, 0.1) is 5.56 Å². The van der Waals surface area contributed by atoms with Crippen molar-refractivity contribution in [2.24, 2.45) is 5.92 Å². The van der Waals surface area contributed by atoms with Crippen molar-refractivity contribution >= 4 is 27.7 Å². The van der Waals surface area contributed by atoms with E-state index < -0.39 is 0 Å². The zero-order valence-electron chi connectivity index (χ0n) is 14.3. The predicted molar refractivity (Wildman–Crippen MR) is 97.7 cm³/mol. The van der Waals surface area contributed by atoms with Gasteiger partial charge in [0.1, 0.15) is 5.82 Å². The van der Waals surface area contributed by atoms with Gasteiger partial charge in [-0.1, -0.05) is 19.3 Å². The second-order valence-electron chi connectivity index (χ2n) is 7.03. The van der Waals surface area contributed by atoms with Crippen molar-refractivity contribution in [1.82, 2.24) is 10.2 Å². The zero-order chi connectivity index (χ0) is 17.8. The van der Waals surface area contributed by atoms with Gasteiger partial charge < -0.3 is 10.2 Å². The standard InChI is InChI=1S/C19H24BrFN2O2/c20-17-12-14(21)6-7-16(17)19(25)23-10-8-15(9-11-23)22-18(24)13-4-2-1-3-5-13/h6-7,12-13,15H,1-5,8-11H2,(H,22,24). The molecule has 0 aromatic heterocycles. The molecule has 136 valence electrons. The van der Waals surface area contributed by atoms with Gasteiger partial charge in [-0.3, -0.25) is 9.59 Å².